The molecular weight excluding hydrogens is 284 g/mol. The number of ether oxygens (including phenoxy) is 1. The smallest absolute Gasteiger partial charge is 0.306 e. The molecule has 0 spiro atoms. The third-order valence-electron chi connectivity index (χ3n) is 2.47. The fourth-order valence-electron chi connectivity index (χ4n) is 1.44. The molecule has 0 aliphatic carbocycles. The molecule has 1 N–H and O–H groups in total. The molecule has 0 saturated heterocycles. The van der Waals surface area contributed by atoms with Crippen molar-refractivity contribution in [2.45, 2.75) is 20.3 Å². The van der Waals surface area contributed by atoms with Gasteiger partial charge < -0.3 is 4.74 Å². The van der Waals surface area contributed by atoms with E-state index in [4.69, 9.17) is 0 Å². The minimum Gasteiger partial charge on any atom is -0.469 e. The third kappa shape index (κ3) is 4.74. The molecule has 112 valence electrons. The first-order valence-corrected chi connectivity index (χ1v) is 7.32. The van der Waals surface area contributed by atoms with Crippen molar-refractivity contribution in [3.05, 3.63) is 17.5 Å². The van der Waals surface area contributed by atoms with Gasteiger partial charge in [0.2, 0.25) is 5.95 Å². The molecule has 0 atom stereocenters. The Bertz CT molecular complexity index is 568. The van der Waals surface area contributed by atoms with Gasteiger partial charge in [-0.1, -0.05) is 0 Å². The van der Waals surface area contributed by atoms with E-state index in [1.807, 2.05) is 0 Å². The maximum atomic E-state index is 12.0. The van der Waals surface area contributed by atoms with E-state index in [1.54, 1.807) is 19.9 Å². The summed E-state index contributed by atoms with van der Waals surface area (Å²) in [6, 6.07) is 1.73. The highest BCUT2D eigenvalue weighted by molar-refractivity contribution is 7.90. The highest BCUT2D eigenvalue weighted by Crippen LogP contribution is 2.08. The number of carbonyl (C=O) groups is 1. The Morgan fingerprint density at radius 1 is 1.35 bits per heavy atom. The Labute approximate surface area is 118 Å². The average molecular weight is 302 g/mol. The molecule has 1 aromatic rings. The van der Waals surface area contributed by atoms with Gasteiger partial charge >= 0.3 is 16.2 Å². The van der Waals surface area contributed by atoms with Gasteiger partial charge in [0, 0.05) is 25.0 Å². The molecular formula is C11H18N4O4S. The van der Waals surface area contributed by atoms with Crippen LogP contribution in [0, 0.1) is 13.8 Å². The molecule has 0 saturated carbocycles. The summed E-state index contributed by atoms with van der Waals surface area (Å²) in [6.45, 7) is 3.49. The second kappa shape index (κ2) is 6.62. The lowest BCUT2D eigenvalue weighted by Crippen LogP contribution is -2.34. The third-order valence-corrected chi connectivity index (χ3v) is 3.92. The number of nitrogens with one attached hydrogen (secondary N) is 1. The molecule has 0 aliphatic heterocycles. The second-order valence-corrected chi connectivity index (χ2v) is 6.01. The number of aromatic nitrogens is 2. The minimum atomic E-state index is -3.80. The maximum Gasteiger partial charge on any atom is 0.306 e. The quantitative estimate of drug-likeness (QED) is 0.756. The second-order valence-electron chi connectivity index (χ2n) is 4.23. The summed E-state index contributed by atoms with van der Waals surface area (Å²) in [6.07, 6.45) is -0.0262. The number of nitrogens with zero attached hydrogens (tertiary/aromatic N) is 3. The largest absolute Gasteiger partial charge is 0.469 e. The molecule has 1 rings (SSSR count). The number of methoxy groups -OCH3 is 1. The first-order valence-electron chi connectivity index (χ1n) is 5.88. The van der Waals surface area contributed by atoms with Crippen molar-refractivity contribution in [3.8, 4) is 0 Å². The summed E-state index contributed by atoms with van der Waals surface area (Å²) >= 11 is 0. The molecule has 1 heterocycles. The van der Waals surface area contributed by atoms with Crippen molar-refractivity contribution in [2.24, 2.45) is 0 Å². The van der Waals surface area contributed by atoms with Crippen molar-refractivity contribution in [1.29, 1.82) is 0 Å². The van der Waals surface area contributed by atoms with Crippen LogP contribution in [-0.4, -0.2) is 49.4 Å². The monoisotopic (exact) mass is 302 g/mol. The van der Waals surface area contributed by atoms with Crippen LogP contribution in [0.5, 0.6) is 0 Å². The van der Waals surface area contributed by atoms with Gasteiger partial charge in [-0.25, -0.2) is 14.7 Å². The van der Waals surface area contributed by atoms with Crippen LogP contribution < -0.4 is 4.72 Å². The summed E-state index contributed by atoms with van der Waals surface area (Å²) in [4.78, 5) is 19.0. The minimum absolute atomic E-state index is 0.00675. The number of hydrogen-bond donors (Lipinski definition) is 1. The standard InChI is InChI=1S/C11H18N4O4S/c1-8-7-9(2)13-11(12-8)14-20(17,18)15(3)6-5-10(16)19-4/h7H,5-6H2,1-4H3,(H,12,13,14). The Balaban J connectivity index is 2.75. The fourth-order valence-corrected chi connectivity index (χ4v) is 2.25. The molecule has 9 heteroatoms. The number of aryl methyl sites for hydroxylation is 2. The summed E-state index contributed by atoms with van der Waals surface area (Å²) in [5.41, 5.74) is 1.32. The van der Waals surface area contributed by atoms with Gasteiger partial charge in [-0.15, -0.1) is 0 Å². The Morgan fingerprint density at radius 2 is 1.90 bits per heavy atom. The van der Waals surface area contributed by atoms with E-state index in [0.29, 0.717) is 11.4 Å². The fraction of sp³-hybridized carbons (Fsp3) is 0.545. The van der Waals surface area contributed by atoms with Crippen molar-refractivity contribution in [2.75, 3.05) is 25.4 Å². The van der Waals surface area contributed by atoms with Crippen LogP contribution in [0.25, 0.3) is 0 Å². The van der Waals surface area contributed by atoms with Crippen LogP contribution in [0.1, 0.15) is 17.8 Å². The average Bonchev–Trinajstić information content (AvgIpc) is 2.33. The number of carbonyl (C=O) groups excluding carboxylic acids is 1. The molecule has 0 fully saturated rings. The summed E-state index contributed by atoms with van der Waals surface area (Å²) in [5, 5.41) is 0. The lowest BCUT2D eigenvalue weighted by molar-refractivity contribution is -0.140. The number of esters is 1. The zero-order chi connectivity index (χ0) is 15.3. The Hall–Kier alpha value is -1.74. The van der Waals surface area contributed by atoms with E-state index in [-0.39, 0.29) is 18.9 Å². The summed E-state index contributed by atoms with van der Waals surface area (Å²) in [7, 11) is -1.20. The van der Waals surface area contributed by atoms with E-state index < -0.39 is 16.2 Å². The predicted molar refractivity (Wildman–Crippen MR) is 73.3 cm³/mol. The van der Waals surface area contributed by atoms with Crippen molar-refractivity contribution < 1.29 is 17.9 Å². The van der Waals surface area contributed by atoms with Gasteiger partial charge in [-0.05, 0) is 19.9 Å². The van der Waals surface area contributed by atoms with Crippen molar-refractivity contribution in [1.82, 2.24) is 14.3 Å². The van der Waals surface area contributed by atoms with Gasteiger partial charge in [-0.3, -0.25) is 4.79 Å². The van der Waals surface area contributed by atoms with E-state index in [2.05, 4.69) is 19.4 Å². The molecule has 0 radical (unpaired) electrons. The summed E-state index contributed by atoms with van der Waals surface area (Å²) in [5.74, 6) is -0.470. The van der Waals surface area contributed by atoms with E-state index in [1.165, 1.54) is 14.2 Å². The molecule has 0 aromatic carbocycles. The van der Waals surface area contributed by atoms with Crippen molar-refractivity contribution in [3.63, 3.8) is 0 Å². The highest BCUT2D eigenvalue weighted by Gasteiger charge is 2.20. The zero-order valence-corrected chi connectivity index (χ0v) is 12.7. The molecule has 20 heavy (non-hydrogen) atoms. The zero-order valence-electron chi connectivity index (χ0n) is 11.9. The van der Waals surface area contributed by atoms with Gasteiger partial charge in [-0.2, -0.15) is 12.7 Å². The topological polar surface area (TPSA) is 101 Å². The van der Waals surface area contributed by atoms with Gasteiger partial charge in [0.25, 0.3) is 0 Å². The number of rotatable bonds is 6. The van der Waals surface area contributed by atoms with Crippen LogP contribution in [0.3, 0.4) is 0 Å². The lowest BCUT2D eigenvalue weighted by Gasteiger charge is -2.17. The molecule has 1 aromatic heterocycles. The van der Waals surface area contributed by atoms with Crippen LogP contribution in [0.2, 0.25) is 0 Å². The lowest BCUT2D eigenvalue weighted by atomic mass is 10.4. The maximum absolute atomic E-state index is 12.0. The summed E-state index contributed by atoms with van der Waals surface area (Å²) < 4.78 is 31.7. The predicted octanol–water partition coefficient (Wildman–Crippen LogP) is 0.245. The van der Waals surface area contributed by atoms with Gasteiger partial charge in [0.05, 0.1) is 13.5 Å². The first-order chi connectivity index (χ1) is 9.24. The number of anilines is 1. The van der Waals surface area contributed by atoms with Crippen LogP contribution >= 0.6 is 0 Å². The Morgan fingerprint density at radius 3 is 2.40 bits per heavy atom. The molecule has 0 bridgehead atoms. The molecule has 0 unspecified atom stereocenters. The van der Waals surface area contributed by atoms with Crippen molar-refractivity contribution >= 4 is 22.1 Å². The molecule has 0 amide bonds. The first kappa shape index (κ1) is 16.3. The van der Waals surface area contributed by atoms with E-state index >= 15 is 0 Å². The Kier molecular flexibility index (Phi) is 5.40. The van der Waals surface area contributed by atoms with Gasteiger partial charge in [0.15, 0.2) is 0 Å². The highest BCUT2D eigenvalue weighted by atomic mass is 32.2. The van der Waals surface area contributed by atoms with Crippen LogP contribution in [0.15, 0.2) is 6.07 Å². The molecule has 0 aliphatic rings. The molecule has 8 nitrogen and oxygen atoms in total. The van der Waals surface area contributed by atoms with Gasteiger partial charge in [0.1, 0.15) is 0 Å². The normalized spacial score (nSPS) is 11.4. The van der Waals surface area contributed by atoms with E-state index in [0.717, 1.165) is 4.31 Å². The van der Waals surface area contributed by atoms with E-state index in [9.17, 15) is 13.2 Å². The van der Waals surface area contributed by atoms with Crippen LogP contribution in [-0.2, 0) is 19.7 Å². The number of hydrogen-bond acceptors (Lipinski definition) is 6. The van der Waals surface area contributed by atoms with Crippen LogP contribution in [0.4, 0.5) is 5.95 Å². The SMILES string of the molecule is COC(=O)CCN(C)S(=O)(=O)Nc1nc(C)cc(C)n1.